The molecule has 162 valence electrons. The van der Waals surface area contributed by atoms with Crippen molar-refractivity contribution in [1.82, 2.24) is 9.97 Å². The van der Waals surface area contributed by atoms with E-state index in [2.05, 4.69) is 18.8 Å². The topological polar surface area (TPSA) is 52.1 Å². The third-order valence-electron chi connectivity index (χ3n) is 6.26. The van der Waals surface area contributed by atoms with Crippen molar-refractivity contribution in [1.29, 1.82) is 0 Å². The molecule has 0 amide bonds. The number of esters is 1. The Labute approximate surface area is 181 Å². The molecule has 1 heterocycles. The molecule has 1 aliphatic carbocycles. The van der Waals surface area contributed by atoms with Crippen LogP contribution >= 0.6 is 0 Å². The van der Waals surface area contributed by atoms with Gasteiger partial charge in [-0.1, -0.05) is 46.5 Å². The van der Waals surface area contributed by atoms with Crippen LogP contribution in [0, 0.1) is 11.8 Å². The molecule has 2 unspecified atom stereocenters. The standard InChI is InChI=1S/C26H36N2O2/c1-4-7-9-19(6-3)16-20-10-15-24-22(17-20)18-27-26(28-24)21-11-13-23(14-12-21)30-25(29)8-5-2/h11-14,18-20H,4-10,15-17H2,1-3H3. The normalized spacial score (nSPS) is 16.7. The maximum absolute atomic E-state index is 11.6. The number of hydrogen-bond acceptors (Lipinski definition) is 4. The van der Waals surface area contributed by atoms with Crippen LogP contribution < -0.4 is 4.74 Å². The summed E-state index contributed by atoms with van der Waals surface area (Å²) < 4.78 is 5.33. The van der Waals surface area contributed by atoms with E-state index in [1.807, 2.05) is 37.4 Å². The summed E-state index contributed by atoms with van der Waals surface area (Å²) in [5.41, 5.74) is 3.49. The molecule has 2 aromatic rings. The molecule has 0 radical (unpaired) electrons. The van der Waals surface area contributed by atoms with Crippen LogP contribution in [0.4, 0.5) is 0 Å². The number of fused-ring (bicyclic) bond motifs is 1. The Morgan fingerprint density at radius 3 is 2.67 bits per heavy atom. The average Bonchev–Trinajstić information content (AvgIpc) is 2.77. The van der Waals surface area contributed by atoms with E-state index in [0.717, 1.165) is 42.5 Å². The monoisotopic (exact) mass is 408 g/mol. The van der Waals surface area contributed by atoms with Gasteiger partial charge in [0.1, 0.15) is 5.75 Å². The number of carbonyl (C=O) groups excluding carboxylic acids is 1. The van der Waals surface area contributed by atoms with Gasteiger partial charge in [0.05, 0.1) is 0 Å². The fourth-order valence-corrected chi connectivity index (χ4v) is 4.43. The Morgan fingerprint density at radius 1 is 1.17 bits per heavy atom. The highest BCUT2D eigenvalue weighted by Crippen LogP contribution is 2.32. The molecular formula is C26H36N2O2. The number of nitrogens with zero attached hydrogens (tertiary/aromatic N) is 2. The van der Waals surface area contributed by atoms with Crippen molar-refractivity contribution in [3.05, 3.63) is 41.7 Å². The Bertz CT molecular complexity index is 816. The van der Waals surface area contributed by atoms with Crippen molar-refractivity contribution in [2.24, 2.45) is 11.8 Å². The molecule has 2 atom stereocenters. The van der Waals surface area contributed by atoms with E-state index in [1.54, 1.807) is 0 Å². The van der Waals surface area contributed by atoms with Crippen molar-refractivity contribution >= 4 is 5.97 Å². The largest absolute Gasteiger partial charge is 0.427 e. The molecule has 30 heavy (non-hydrogen) atoms. The van der Waals surface area contributed by atoms with Gasteiger partial charge in [0.15, 0.2) is 5.82 Å². The SMILES string of the molecule is CCCCC(CC)CC1CCc2nc(-c3ccc(OC(=O)CCC)cc3)ncc2C1. The molecule has 3 rings (SSSR count). The molecule has 0 spiro atoms. The number of aryl methyl sites for hydroxylation is 1. The number of unbranched alkanes of at least 4 members (excludes halogenated alkanes) is 1. The lowest BCUT2D eigenvalue weighted by molar-refractivity contribution is -0.134. The summed E-state index contributed by atoms with van der Waals surface area (Å²) in [6.45, 7) is 6.59. The van der Waals surface area contributed by atoms with Gasteiger partial charge >= 0.3 is 5.97 Å². The first kappa shape index (κ1) is 22.5. The van der Waals surface area contributed by atoms with Gasteiger partial charge in [0, 0.05) is 23.9 Å². The second kappa shape index (κ2) is 11.2. The average molecular weight is 409 g/mol. The van der Waals surface area contributed by atoms with Gasteiger partial charge in [-0.2, -0.15) is 0 Å². The van der Waals surface area contributed by atoms with Crippen molar-refractivity contribution < 1.29 is 9.53 Å². The Kier molecular flexibility index (Phi) is 8.41. The Hall–Kier alpha value is -2.23. The zero-order valence-corrected chi connectivity index (χ0v) is 18.8. The molecule has 0 fully saturated rings. The quantitative estimate of drug-likeness (QED) is 0.330. The number of aromatic nitrogens is 2. The first-order valence-corrected chi connectivity index (χ1v) is 11.8. The highest BCUT2D eigenvalue weighted by molar-refractivity contribution is 5.72. The lowest BCUT2D eigenvalue weighted by Crippen LogP contribution is -2.19. The van der Waals surface area contributed by atoms with Gasteiger partial charge < -0.3 is 4.74 Å². The fraction of sp³-hybridized carbons (Fsp3) is 0.577. The Morgan fingerprint density at radius 2 is 1.97 bits per heavy atom. The summed E-state index contributed by atoms with van der Waals surface area (Å²) in [7, 11) is 0. The number of ether oxygens (including phenoxy) is 1. The number of carbonyl (C=O) groups is 1. The zero-order valence-electron chi connectivity index (χ0n) is 18.8. The summed E-state index contributed by atoms with van der Waals surface area (Å²) in [6.07, 6.45) is 13.3. The van der Waals surface area contributed by atoms with Gasteiger partial charge in [0.25, 0.3) is 0 Å². The predicted molar refractivity (Wildman–Crippen MR) is 121 cm³/mol. The molecular weight excluding hydrogens is 372 g/mol. The van der Waals surface area contributed by atoms with Gasteiger partial charge in [-0.05, 0) is 73.8 Å². The molecule has 0 saturated carbocycles. The van der Waals surface area contributed by atoms with Crippen LogP contribution in [0.1, 0.15) is 83.4 Å². The summed E-state index contributed by atoms with van der Waals surface area (Å²) in [5, 5.41) is 0. The first-order valence-electron chi connectivity index (χ1n) is 11.8. The van der Waals surface area contributed by atoms with Crippen LogP contribution in [0.25, 0.3) is 11.4 Å². The van der Waals surface area contributed by atoms with Crippen LogP contribution in [0.3, 0.4) is 0 Å². The molecule has 0 aliphatic heterocycles. The van der Waals surface area contributed by atoms with E-state index in [1.165, 1.54) is 49.8 Å². The number of benzene rings is 1. The number of hydrogen-bond donors (Lipinski definition) is 0. The third kappa shape index (κ3) is 6.13. The maximum Gasteiger partial charge on any atom is 0.311 e. The Balaban J connectivity index is 1.62. The van der Waals surface area contributed by atoms with Crippen molar-refractivity contribution in [2.75, 3.05) is 0 Å². The van der Waals surface area contributed by atoms with Crippen LogP contribution in [0.5, 0.6) is 5.75 Å². The fourth-order valence-electron chi connectivity index (χ4n) is 4.43. The summed E-state index contributed by atoms with van der Waals surface area (Å²) in [6, 6.07) is 7.51. The van der Waals surface area contributed by atoms with Gasteiger partial charge in [0.2, 0.25) is 0 Å². The molecule has 1 aliphatic rings. The minimum Gasteiger partial charge on any atom is -0.427 e. The minimum absolute atomic E-state index is 0.190. The van der Waals surface area contributed by atoms with Gasteiger partial charge in [-0.25, -0.2) is 9.97 Å². The lowest BCUT2D eigenvalue weighted by atomic mass is 9.79. The van der Waals surface area contributed by atoms with Gasteiger partial charge in [-0.15, -0.1) is 0 Å². The van der Waals surface area contributed by atoms with E-state index in [0.29, 0.717) is 12.2 Å². The van der Waals surface area contributed by atoms with Crippen LogP contribution in [-0.2, 0) is 17.6 Å². The van der Waals surface area contributed by atoms with Crippen molar-refractivity contribution in [2.45, 2.75) is 85.0 Å². The van der Waals surface area contributed by atoms with Crippen LogP contribution in [0.2, 0.25) is 0 Å². The van der Waals surface area contributed by atoms with E-state index >= 15 is 0 Å². The highest BCUT2D eigenvalue weighted by atomic mass is 16.5. The molecule has 4 nitrogen and oxygen atoms in total. The smallest absolute Gasteiger partial charge is 0.311 e. The van der Waals surface area contributed by atoms with E-state index in [-0.39, 0.29) is 5.97 Å². The van der Waals surface area contributed by atoms with Crippen molar-refractivity contribution in [3.8, 4) is 17.1 Å². The molecule has 1 aromatic carbocycles. The molecule has 0 N–H and O–H groups in total. The second-order valence-electron chi connectivity index (χ2n) is 8.68. The van der Waals surface area contributed by atoms with Crippen LogP contribution in [-0.4, -0.2) is 15.9 Å². The minimum atomic E-state index is -0.190. The predicted octanol–water partition coefficient (Wildman–Crippen LogP) is 6.56. The highest BCUT2D eigenvalue weighted by Gasteiger charge is 2.23. The second-order valence-corrected chi connectivity index (χ2v) is 8.68. The third-order valence-corrected chi connectivity index (χ3v) is 6.26. The molecule has 0 saturated heterocycles. The van der Waals surface area contributed by atoms with Crippen LogP contribution in [0.15, 0.2) is 30.5 Å². The first-order chi connectivity index (χ1) is 14.6. The maximum atomic E-state index is 11.6. The molecule has 1 aromatic heterocycles. The van der Waals surface area contributed by atoms with E-state index < -0.39 is 0 Å². The number of rotatable bonds is 10. The summed E-state index contributed by atoms with van der Waals surface area (Å²) >= 11 is 0. The van der Waals surface area contributed by atoms with Crippen molar-refractivity contribution in [3.63, 3.8) is 0 Å². The van der Waals surface area contributed by atoms with E-state index in [9.17, 15) is 4.79 Å². The summed E-state index contributed by atoms with van der Waals surface area (Å²) in [4.78, 5) is 21.2. The zero-order chi connectivity index (χ0) is 21.3. The lowest BCUT2D eigenvalue weighted by Gasteiger charge is -2.27. The van der Waals surface area contributed by atoms with Gasteiger partial charge in [-0.3, -0.25) is 4.79 Å². The summed E-state index contributed by atoms with van der Waals surface area (Å²) in [5.74, 6) is 2.77. The molecule has 0 bridgehead atoms. The van der Waals surface area contributed by atoms with E-state index in [4.69, 9.17) is 9.72 Å². The molecule has 4 heteroatoms.